The molecule has 0 N–H and O–H groups in total. The van der Waals surface area contributed by atoms with Crippen LogP contribution in [0.2, 0.25) is 0 Å². The Labute approximate surface area is 120 Å². The van der Waals surface area contributed by atoms with E-state index < -0.39 is 0 Å². The zero-order valence-corrected chi connectivity index (χ0v) is 12.2. The number of nitrogens with zero attached hydrogens (tertiary/aromatic N) is 2. The number of para-hydroxylation sites is 1. The molecule has 0 unspecified atom stereocenters. The molecular weight excluding hydrogens is 244 g/mol. The fourth-order valence-electron chi connectivity index (χ4n) is 3.31. The van der Waals surface area contributed by atoms with Crippen molar-refractivity contribution in [3.8, 4) is 6.07 Å². The summed E-state index contributed by atoms with van der Waals surface area (Å²) in [6, 6.07) is 8.76. The van der Waals surface area contributed by atoms with E-state index in [1.807, 2.05) is 0 Å². The Morgan fingerprint density at radius 1 is 1.25 bits per heavy atom. The monoisotopic (exact) mass is 264 g/mol. The number of benzene rings is 1. The Balaban J connectivity index is 2.35. The van der Waals surface area contributed by atoms with Crippen molar-refractivity contribution < 1.29 is 0 Å². The summed E-state index contributed by atoms with van der Waals surface area (Å²) in [7, 11) is 0. The molecule has 0 atom stereocenters. The Bertz CT molecular complexity index is 693. The van der Waals surface area contributed by atoms with E-state index in [1.165, 1.54) is 40.6 Å². The molecule has 1 aliphatic carbocycles. The summed E-state index contributed by atoms with van der Waals surface area (Å²) in [4.78, 5) is 4.97. The third-order valence-corrected chi connectivity index (χ3v) is 4.32. The Morgan fingerprint density at radius 3 is 2.80 bits per heavy atom. The SMILES string of the molecule is CC(C)c1cccc2c(CC#N)c3c(nc12)CCCC3. The highest BCUT2D eigenvalue weighted by Gasteiger charge is 2.19. The van der Waals surface area contributed by atoms with E-state index >= 15 is 0 Å². The number of aryl methyl sites for hydroxylation is 1. The number of fused-ring (bicyclic) bond motifs is 2. The van der Waals surface area contributed by atoms with Crippen molar-refractivity contribution in [2.45, 2.75) is 51.9 Å². The van der Waals surface area contributed by atoms with Gasteiger partial charge in [-0.3, -0.25) is 4.98 Å². The third kappa shape index (κ3) is 2.08. The van der Waals surface area contributed by atoms with E-state index in [2.05, 4.69) is 38.1 Å². The molecule has 0 aliphatic heterocycles. The lowest BCUT2D eigenvalue weighted by molar-refractivity contribution is 0.666. The summed E-state index contributed by atoms with van der Waals surface area (Å²) in [5.74, 6) is 0.461. The largest absolute Gasteiger partial charge is 0.252 e. The highest BCUT2D eigenvalue weighted by molar-refractivity contribution is 5.87. The molecule has 2 heteroatoms. The van der Waals surface area contributed by atoms with Crippen LogP contribution < -0.4 is 0 Å². The zero-order chi connectivity index (χ0) is 14.1. The molecule has 1 aliphatic rings. The van der Waals surface area contributed by atoms with Crippen LogP contribution in [-0.4, -0.2) is 4.98 Å². The average molecular weight is 264 g/mol. The van der Waals surface area contributed by atoms with Gasteiger partial charge in [-0.1, -0.05) is 32.0 Å². The molecule has 3 rings (SSSR count). The van der Waals surface area contributed by atoms with Crippen LogP contribution in [0.3, 0.4) is 0 Å². The highest BCUT2D eigenvalue weighted by Crippen LogP contribution is 2.32. The molecule has 1 aromatic carbocycles. The van der Waals surface area contributed by atoms with Gasteiger partial charge in [0.25, 0.3) is 0 Å². The molecule has 0 fully saturated rings. The Hall–Kier alpha value is -1.88. The van der Waals surface area contributed by atoms with E-state index in [9.17, 15) is 5.26 Å². The van der Waals surface area contributed by atoms with Crippen molar-refractivity contribution in [3.05, 3.63) is 40.6 Å². The van der Waals surface area contributed by atoms with Gasteiger partial charge in [-0.15, -0.1) is 0 Å². The van der Waals surface area contributed by atoms with Gasteiger partial charge >= 0.3 is 0 Å². The van der Waals surface area contributed by atoms with Crippen molar-refractivity contribution in [2.75, 3.05) is 0 Å². The quantitative estimate of drug-likeness (QED) is 0.810. The lowest BCUT2D eigenvalue weighted by atomic mass is 9.87. The number of rotatable bonds is 2. The van der Waals surface area contributed by atoms with Gasteiger partial charge in [-0.05, 0) is 48.3 Å². The average Bonchev–Trinajstić information content (AvgIpc) is 2.46. The van der Waals surface area contributed by atoms with Crippen LogP contribution in [0, 0.1) is 11.3 Å². The van der Waals surface area contributed by atoms with Crippen LogP contribution in [0.4, 0.5) is 0 Å². The fourth-order valence-corrected chi connectivity index (χ4v) is 3.31. The third-order valence-electron chi connectivity index (χ3n) is 4.32. The smallest absolute Gasteiger partial charge is 0.0743 e. The normalized spacial score (nSPS) is 14.3. The molecule has 0 spiro atoms. The minimum absolute atomic E-state index is 0.461. The summed E-state index contributed by atoms with van der Waals surface area (Å²) in [5.41, 5.74) is 6.24. The van der Waals surface area contributed by atoms with E-state index in [1.54, 1.807) is 0 Å². The van der Waals surface area contributed by atoms with Crippen molar-refractivity contribution >= 4 is 10.9 Å². The minimum Gasteiger partial charge on any atom is -0.252 e. The molecule has 0 amide bonds. The fraction of sp³-hybridized carbons (Fsp3) is 0.444. The van der Waals surface area contributed by atoms with Crippen molar-refractivity contribution in [2.24, 2.45) is 0 Å². The van der Waals surface area contributed by atoms with Crippen LogP contribution in [0.25, 0.3) is 10.9 Å². The first-order valence-corrected chi connectivity index (χ1v) is 7.52. The number of hydrogen-bond donors (Lipinski definition) is 0. The molecule has 1 aromatic heterocycles. The molecule has 102 valence electrons. The zero-order valence-electron chi connectivity index (χ0n) is 12.2. The van der Waals surface area contributed by atoms with E-state index in [-0.39, 0.29) is 0 Å². The summed E-state index contributed by atoms with van der Waals surface area (Å²) in [6.45, 7) is 4.42. The highest BCUT2D eigenvalue weighted by atomic mass is 14.7. The maximum atomic E-state index is 9.19. The van der Waals surface area contributed by atoms with Gasteiger partial charge in [0.05, 0.1) is 18.0 Å². The predicted molar refractivity (Wildman–Crippen MR) is 81.8 cm³/mol. The summed E-state index contributed by atoms with van der Waals surface area (Å²) >= 11 is 0. The van der Waals surface area contributed by atoms with Crippen molar-refractivity contribution in [3.63, 3.8) is 0 Å². The number of aromatic nitrogens is 1. The van der Waals surface area contributed by atoms with Gasteiger partial charge in [-0.2, -0.15) is 5.26 Å². The van der Waals surface area contributed by atoms with Crippen LogP contribution >= 0.6 is 0 Å². The lowest BCUT2D eigenvalue weighted by Crippen LogP contribution is -2.10. The van der Waals surface area contributed by atoms with Gasteiger partial charge < -0.3 is 0 Å². The maximum Gasteiger partial charge on any atom is 0.0743 e. The molecule has 0 saturated carbocycles. The number of pyridine rings is 1. The van der Waals surface area contributed by atoms with Gasteiger partial charge in [-0.25, -0.2) is 0 Å². The molecule has 1 heterocycles. The van der Waals surface area contributed by atoms with Gasteiger partial charge in [0.1, 0.15) is 0 Å². The summed E-state index contributed by atoms with van der Waals surface area (Å²) < 4.78 is 0. The standard InChI is InChI=1S/C18H20N2/c1-12(2)13-7-5-8-16-14(10-11-19)15-6-3-4-9-17(15)20-18(13)16/h5,7-8,12H,3-4,6,9-10H2,1-2H3. The lowest BCUT2D eigenvalue weighted by Gasteiger charge is -2.21. The molecule has 20 heavy (non-hydrogen) atoms. The first kappa shape index (κ1) is 13.1. The molecule has 0 saturated heterocycles. The minimum atomic E-state index is 0.461. The van der Waals surface area contributed by atoms with Crippen LogP contribution in [0.15, 0.2) is 18.2 Å². The van der Waals surface area contributed by atoms with E-state index in [0.29, 0.717) is 12.3 Å². The van der Waals surface area contributed by atoms with Crippen molar-refractivity contribution in [1.82, 2.24) is 4.98 Å². The first-order chi connectivity index (χ1) is 9.72. The Morgan fingerprint density at radius 2 is 2.05 bits per heavy atom. The molecule has 0 radical (unpaired) electrons. The van der Waals surface area contributed by atoms with Crippen LogP contribution in [-0.2, 0) is 19.3 Å². The second-order valence-electron chi connectivity index (χ2n) is 5.96. The molecular formula is C18H20N2. The second-order valence-corrected chi connectivity index (χ2v) is 5.96. The predicted octanol–water partition coefficient (Wildman–Crippen LogP) is 4.30. The van der Waals surface area contributed by atoms with Crippen molar-refractivity contribution in [1.29, 1.82) is 5.26 Å². The van der Waals surface area contributed by atoms with Gasteiger partial charge in [0.2, 0.25) is 0 Å². The summed E-state index contributed by atoms with van der Waals surface area (Å²) in [6.07, 6.45) is 5.10. The topological polar surface area (TPSA) is 36.7 Å². The number of hydrogen-bond acceptors (Lipinski definition) is 2. The molecule has 0 bridgehead atoms. The van der Waals surface area contributed by atoms with Crippen LogP contribution in [0.1, 0.15) is 55.0 Å². The first-order valence-electron chi connectivity index (χ1n) is 7.52. The van der Waals surface area contributed by atoms with Crippen LogP contribution in [0.5, 0.6) is 0 Å². The second kappa shape index (κ2) is 5.25. The molecule has 2 nitrogen and oxygen atoms in total. The maximum absolute atomic E-state index is 9.19. The molecule has 2 aromatic rings. The number of nitriles is 1. The Kier molecular flexibility index (Phi) is 3.44. The van der Waals surface area contributed by atoms with Gasteiger partial charge in [0, 0.05) is 11.1 Å². The van der Waals surface area contributed by atoms with E-state index in [4.69, 9.17) is 4.98 Å². The van der Waals surface area contributed by atoms with E-state index in [0.717, 1.165) is 18.4 Å². The van der Waals surface area contributed by atoms with Gasteiger partial charge in [0.15, 0.2) is 0 Å². The summed E-state index contributed by atoms with van der Waals surface area (Å²) in [5, 5.41) is 10.4.